The van der Waals surface area contributed by atoms with E-state index in [1.165, 1.54) is 14.2 Å². The van der Waals surface area contributed by atoms with E-state index >= 15 is 0 Å². The minimum atomic E-state index is -1.26. The Hall–Kier alpha value is -2.77. The van der Waals surface area contributed by atoms with Crippen molar-refractivity contribution in [3.63, 3.8) is 0 Å². The highest BCUT2D eigenvalue weighted by Gasteiger charge is 2.50. The van der Waals surface area contributed by atoms with E-state index in [1.54, 1.807) is 24.3 Å². The van der Waals surface area contributed by atoms with E-state index in [2.05, 4.69) is 9.47 Å². The molecule has 2 atom stereocenters. The van der Waals surface area contributed by atoms with Crippen LogP contribution >= 0.6 is 0 Å². The van der Waals surface area contributed by atoms with Crippen molar-refractivity contribution in [3.8, 4) is 5.75 Å². The van der Waals surface area contributed by atoms with Crippen molar-refractivity contribution in [2.45, 2.75) is 12.0 Å². The van der Waals surface area contributed by atoms with Gasteiger partial charge in [-0.3, -0.25) is 10.0 Å². The highest BCUT2D eigenvalue weighted by molar-refractivity contribution is 6.37. The van der Waals surface area contributed by atoms with Gasteiger partial charge in [-0.1, -0.05) is 12.1 Å². The molecular weight excluding hydrogens is 294 g/mol. The standard InChI is InChI=1S/C14H15NO7/c1-19-9-6-4-8(5-7-9)10-11(13(16)20-2)15(18)22-12(10)14(17)21-3/h4-7,10,12H,1-3H3/t10-,12+/m1/s1. The molecule has 1 heterocycles. The number of esters is 2. The van der Waals surface area contributed by atoms with Crippen LogP contribution in [-0.4, -0.2) is 50.0 Å². The zero-order valence-electron chi connectivity index (χ0n) is 12.3. The van der Waals surface area contributed by atoms with E-state index in [4.69, 9.17) is 9.57 Å². The molecular formula is C14H15NO7. The van der Waals surface area contributed by atoms with E-state index in [0.29, 0.717) is 11.3 Å². The van der Waals surface area contributed by atoms with Crippen molar-refractivity contribution < 1.29 is 33.5 Å². The number of carbonyl (C=O) groups excluding carboxylic acids is 2. The maximum atomic E-state index is 11.8. The zero-order valence-corrected chi connectivity index (χ0v) is 12.3. The third-order valence-corrected chi connectivity index (χ3v) is 3.31. The van der Waals surface area contributed by atoms with Gasteiger partial charge in [0.1, 0.15) is 11.7 Å². The molecule has 1 aromatic rings. The van der Waals surface area contributed by atoms with Crippen LogP contribution in [0.1, 0.15) is 11.5 Å². The summed E-state index contributed by atoms with van der Waals surface area (Å²) in [5, 5.41) is 11.8. The van der Waals surface area contributed by atoms with E-state index in [0.717, 1.165) is 7.11 Å². The van der Waals surface area contributed by atoms with Crippen LogP contribution in [0, 0.1) is 5.21 Å². The number of nitrogens with zero attached hydrogens (tertiary/aromatic N) is 1. The predicted octanol–water partition coefficient (Wildman–Crippen LogP) is 0.390. The highest BCUT2D eigenvalue weighted by atomic mass is 16.9. The quantitative estimate of drug-likeness (QED) is 0.586. The third-order valence-electron chi connectivity index (χ3n) is 3.31. The SMILES string of the molecule is COC(=O)C1=[N+]([O-])O[C@H](C(=O)OC)[C@@H]1c1ccc(OC)cc1. The molecule has 0 saturated heterocycles. The first-order valence-corrected chi connectivity index (χ1v) is 6.34. The maximum absolute atomic E-state index is 11.8. The van der Waals surface area contributed by atoms with Gasteiger partial charge in [0.25, 0.3) is 0 Å². The molecule has 8 nitrogen and oxygen atoms in total. The summed E-state index contributed by atoms with van der Waals surface area (Å²) in [7, 11) is 3.82. The predicted molar refractivity (Wildman–Crippen MR) is 73.3 cm³/mol. The first kappa shape index (κ1) is 15.6. The molecule has 0 aromatic heterocycles. The van der Waals surface area contributed by atoms with Gasteiger partial charge < -0.3 is 19.0 Å². The molecule has 0 bridgehead atoms. The summed E-state index contributed by atoms with van der Waals surface area (Å²) in [6, 6.07) is 6.55. The van der Waals surface area contributed by atoms with Crippen LogP contribution in [0.5, 0.6) is 5.75 Å². The summed E-state index contributed by atoms with van der Waals surface area (Å²) < 4.78 is 14.3. The van der Waals surface area contributed by atoms with Crippen LogP contribution in [0.3, 0.4) is 0 Å². The molecule has 1 aliphatic heterocycles. The second kappa shape index (κ2) is 6.33. The summed E-state index contributed by atoms with van der Waals surface area (Å²) in [6.45, 7) is 0. The molecule has 0 spiro atoms. The van der Waals surface area contributed by atoms with Crippen LogP contribution in [-0.2, 0) is 23.9 Å². The first-order valence-electron chi connectivity index (χ1n) is 6.34. The number of hydrogen-bond donors (Lipinski definition) is 0. The molecule has 0 amide bonds. The molecule has 8 heteroatoms. The summed E-state index contributed by atoms with van der Waals surface area (Å²) in [5.41, 5.74) is 0.206. The van der Waals surface area contributed by atoms with Gasteiger partial charge in [0.05, 0.1) is 26.2 Å². The lowest BCUT2D eigenvalue weighted by atomic mass is 9.89. The number of methoxy groups -OCH3 is 3. The fourth-order valence-corrected chi connectivity index (χ4v) is 2.22. The van der Waals surface area contributed by atoms with Crippen molar-refractivity contribution in [2.75, 3.05) is 21.3 Å². The van der Waals surface area contributed by atoms with Crippen molar-refractivity contribution >= 4 is 17.7 Å². The fourth-order valence-electron chi connectivity index (χ4n) is 2.22. The van der Waals surface area contributed by atoms with E-state index in [1.807, 2.05) is 0 Å². The molecule has 0 aliphatic carbocycles. The second-order valence-corrected chi connectivity index (χ2v) is 4.43. The average Bonchev–Trinajstić information content (AvgIpc) is 2.90. The van der Waals surface area contributed by atoms with Crippen LogP contribution in [0.4, 0.5) is 0 Å². The van der Waals surface area contributed by atoms with Crippen LogP contribution in [0.15, 0.2) is 24.3 Å². The Balaban J connectivity index is 2.46. The molecule has 0 unspecified atom stereocenters. The first-order chi connectivity index (χ1) is 10.5. The van der Waals surface area contributed by atoms with Gasteiger partial charge in [-0.25, -0.2) is 4.79 Å². The van der Waals surface area contributed by atoms with Crippen molar-refractivity contribution in [3.05, 3.63) is 35.0 Å². The lowest BCUT2D eigenvalue weighted by Crippen LogP contribution is -2.33. The van der Waals surface area contributed by atoms with E-state index in [9.17, 15) is 14.8 Å². The molecule has 1 aliphatic rings. The molecule has 0 fully saturated rings. The maximum Gasteiger partial charge on any atom is 0.405 e. The minimum absolute atomic E-state index is 0.00230. The Morgan fingerprint density at radius 2 is 1.77 bits per heavy atom. The Kier molecular flexibility index (Phi) is 4.50. The molecule has 22 heavy (non-hydrogen) atoms. The highest BCUT2D eigenvalue weighted by Crippen LogP contribution is 2.31. The molecule has 1 aromatic carbocycles. The number of hydrogen-bond acceptors (Lipinski definition) is 7. The second-order valence-electron chi connectivity index (χ2n) is 4.43. The summed E-state index contributed by atoms with van der Waals surface area (Å²) >= 11 is 0. The Labute approximate surface area is 126 Å². The van der Waals surface area contributed by atoms with Gasteiger partial charge in [0, 0.05) is 0 Å². The minimum Gasteiger partial charge on any atom is -0.497 e. The van der Waals surface area contributed by atoms with Crippen molar-refractivity contribution in [1.82, 2.24) is 0 Å². The van der Waals surface area contributed by atoms with E-state index in [-0.39, 0.29) is 10.6 Å². The Bertz CT molecular complexity index is 608. The third kappa shape index (κ3) is 2.67. The van der Waals surface area contributed by atoms with Gasteiger partial charge in [0.15, 0.2) is 6.10 Å². The molecule has 2 rings (SSSR count). The Morgan fingerprint density at radius 3 is 2.27 bits per heavy atom. The lowest BCUT2D eigenvalue weighted by molar-refractivity contribution is -0.736. The van der Waals surface area contributed by atoms with Gasteiger partial charge in [-0.2, -0.15) is 0 Å². The number of ether oxygens (including phenoxy) is 3. The van der Waals surface area contributed by atoms with Gasteiger partial charge >= 0.3 is 17.7 Å². The van der Waals surface area contributed by atoms with Gasteiger partial charge in [-0.15, -0.1) is 0 Å². The molecule has 0 N–H and O–H groups in total. The fraction of sp³-hybridized carbons (Fsp3) is 0.357. The number of rotatable bonds is 4. The van der Waals surface area contributed by atoms with Crippen molar-refractivity contribution in [1.29, 1.82) is 0 Å². The molecule has 0 saturated carbocycles. The van der Waals surface area contributed by atoms with Crippen LogP contribution < -0.4 is 4.74 Å². The summed E-state index contributed by atoms with van der Waals surface area (Å²) in [5.74, 6) is -1.97. The summed E-state index contributed by atoms with van der Waals surface area (Å²) in [4.78, 5) is 28.6. The molecule has 118 valence electrons. The average molecular weight is 309 g/mol. The Morgan fingerprint density at radius 1 is 1.14 bits per heavy atom. The summed E-state index contributed by atoms with van der Waals surface area (Å²) in [6.07, 6.45) is -1.26. The largest absolute Gasteiger partial charge is 0.497 e. The smallest absolute Gasteiger partial charge is 0.405 e. The van der Waals surface area contributed by atoms with Gasteiger partial charge in [0.2, 0.25) is 0 Å². The monoisotopic (exact) mass is 309 g/mol. The van der Waals surface area contributed by atoms with Crippen molar-refractivity contribution in [2.24, 2.45) is 0 Å². The molecule has 0 radical (unpaired) electrons. The van der Waals surface area contributed by atoms with Gasteiger partial charge in [-0.05, 0) is 17.7 Å². The van der Waals surface area contributed by atoms with E-state index < -0.39 is 24.0 Å². The van der Waals surface area contributed by atoms with Crippen LogP contribution in [0.2, 0.25) is 0 Å². The number of carbonyl (C=O) groups is 2. The van der Waals surface area contributed by atoms with Crippen LogP contribution in [0.25, 0.3) is 0 Å². The zero-order chi connectivity index (χ0) is 16.3. The lowest BCUT2D eigenvalue weighted by Gasteiger charge is -2.16. The normalized spacial score (nSPS) is 20.3. The topological polar surface area (TPSA) is 97.1 Å². The number of benzene rings is 1.